The Hall–Kier alpha value is -3.56. The highest BCUT2D eigenvalue weighted by molar-refractivity contribution is 5.95. The number of amides is 2. The smallest absolute Gasteiger partial charge is 0.408 e. The van der Waals surface area contributed by atoms with Crippen molar-refractivity contribution in [1.82, 2.24) is 9.88 Å². The van der Waals surface area contributed by atoms with Crippen molar-refractivity contribution in [1.29, 1.82) is 0 Å². The molecule has 7 nitrogen and oxygen atoms in total. The predicted octanol–water partition coefficient (Wildman–Crippen LogP) is 2.33. The van der Waals surface area contributed by atoms with Crippen LogP contribution in [0.4, 0.5) is 18.9 Å². The van der Waals surface area contributed by atoms with Crippen molar-refractivity contribution in [2.24, 2.45) is 0 Å². The molecule has 0 spiro atoms. The predicted molar refractivity (Wildman–Crippen MR) is 93.1 cm³/mol. The quantitative estimate of drug-likeness (QED) is 0.651. The van der Waals surface area contributed by atoms with Crippen LogP contribution in [-0.2, 0) is 9.59 Å². The zero-order chi connectivity index (χ0) is 20.4. The van der Waals surface area contributed by atoms with E-state index in [1.54, 1.807) is 24.3 Å². The molecule has 0 aliphatic carbocycles. The third-order valence-electron chi connectivity index (χ3n) is 4.02. The maximum atomic E-state index is 13.6. The van der Waals surface area contributed by atoms with Gasteiger partial charge in [0.15, 0.2) is 23.0 Å². The van der Waals surface area contributed by atoms with Crippen LogP contribution in [0.15, 0.2) is 45.6 Å². The highest BCUT2D eigenvalue weighted by Gasteiger charge is 2.22. The van der Waals surface area contributed by atoms with Gasteiger partial charge in [0, 0.05) is 0 Å². The van der Waals surface area contributed by atoms with Gasteiger partial charge in [0.2, 0.25) is 11.8 Å². The molecule has 0 bridgehead atoms. The van der Waals surface area contributed by atoms with Gasteiger partial charge in [0.1, 0.15) is 6.04 Å². The highest BCUT2D eigenvalue weighted by atomic mass is 19.2. The lowest BCUT2D eigenvalue weighted by molar-refractivity contribution is -0.126. The van der Waals surface area contributed by atoms with Crippen molar-refractivity contribution >= 4 is 28.6 Å². The molecule has 10 heteroatoms. The molecule has 28 heavy (non-hydrogen) atoms. The molecule has 146 valence electrons. The van der Waals surface area contributed by atoms with Crippen LogP contribution < -0.4 is 16.4 Å². The summed E-state index contributed by atoms with van der Waals surface area (Å²) >= 11 is 0. The molecule has 1 atom stereocenters. The third kappa shape index (κ3) is 3.61. The first kappa shape index (κ1) is 19.2. The molecule has 0 radical (unpaired) electrons. The highest BCUT2D eigenvalue weighted by Crippen LogP contribution is 2.19. The molecule has 1 heterocycles. The van der Waals surface area contributed by atoms with Gasteiger partial charge >= 0.3 is 5.76 Å². The van der Waals surface area contributed by atoms with Crippen LogP contribution in [0, 0.1) is 17.5 Å². The molecule has 0 saturated heterocycles. The minimum Gasteiger partial charge on any atom is -0.408 e. The summed E-state index contributed by atoms with van der Waals surface area (Å²) in [4.78, 5) is 36.1. The summed E-state index contributed by atoms with van der Waals surface area (Å²) in [5.74, 6) is -6.94. The Morgan fingerprint density at radius 3 is 2.57 bits per heavy atom. The molecule has 1 aromatic heterocycles. The molecule has 0 aliphatic heterocycles. The average molecular weight is 393 g/mol. The zero-order valence-corrected chi connectivity index (χ0v) is 14.5. The summed E-state index contributed by atoms with van der Waals surface area (Å²) in [5, 5.41) is 4.31. The van der Waals surface area contributed by atoms with Crippen molar-refractivity contribution in [2.75, 3.05) is 11.9 Å². The Bertz CT molecular complexity index is 1120. The van der Waals surface area contributed by atoms with Crippen LogP contribution >= 0.6 is 0 Å². The van der Waals surface area contributed by atoms with Gasteiger partial charge in [-0.1, -0.05) is 12.1 Å². The number of nitrogens with zero attached hydrogens (tertiary/aromatic N) is 1. The standard InChI is InChI=1S/C18H14F3N3O4/c1-9(24-12-4-2-3-5-13(12)28-18(24)27)17(26)22-8-14(25)23-11-7-6-10(19)15(20)16(11)21/h2-7,9H,8H2,1H3,(H,22,26)(H,23,25). The summed E-state index contributed by atoms with van der Waals surface area (Å²) in [5.41, 5.74) is 0.144. The van der Waals surface area contributed by atoms with Crippen molar-refractivity contribution in [3.05, 3.63) is 64.4 Å². The van der Waals surface area contributed by atoms with E-state index in [1.807, 2.05) is 5.32 Å². The van der Waals surface area contributed by atoms with E-state index < -0.39 is 53.3 Å². The Morgan fingerprint density at radius 2 is 1.82 bits per heavy atom. The van der Waals surface area contributed by atoms with Gasteiger partial charge in [-0.2, -0.15) is 0 Å². The second-order valence-electron chi connectivity index (χ2n) is 5.87. The maximum absolute atomic E-state index is 13.6. The van der Waals surface area contributed by atoms with Gasteiger partial charge in [0.25, 0.3) is 0 Å². The van der Waals surface area contributed by atoms with Gasteiger partial charge in [0.05, 0.1) is 17.7 Å². The SMILES string of the molecule is CC(C(=O)NCC(=O)Nc1ccc(F)c(F)c1F)n1c(=O)oc2ccccc21. The second-order valence-corrected chi connectivity index (χ2v) is 5.87. The van der Waals surface area contributed by atoms with E-state index in [0.29, 0.717) is 17.2 Å². The molecular weight excluding hydrogens is 379 g/mol. The topological polar surface area (TPSA) is 93.3 Å². The first-order chi connectivity index (χ1) is 13.3. The first-order valence-corrected chi connectivity index (χ1v) is 8.10. The van der Waals surface area contributed by atoms with E-state index >= 15 is 0 Å². The number of anilines is 1. The number of halogens is 3. The van der Waals surface area contributed by atoms with Crippen molar-refractivity contribution in [2.45, 2.75) is 13.0 Å². The molecule has 0 fully saturated rings. The number of fused-ring (bicyclic) bond motifs is 1. The van der Waals surface area contributed by atoms with Gasteiger partial charge < -0.3 is 15.1 Å². The van der Waals surface area contributed by atoms with Gasteiger partial charge in [-0.3, -0.25) is 14.2 Å². The Labute approximate surface area is 155 Å². The number of benzene rings is 2. The van der Waals surface area contributed by atoms with Crippen molar-refractivity contribution in [3.63, 3.8) is 0 Å². The van der Waals surface area contributed by atoms with Gasteiger partial charge in [-0.25, -0.2) is 18.0 Å². The lowest BCUT2D eigenvalue weighted by atomic mass is 10.2. The van der Waals surface area contributed by atoms with E-state index in [4.69, 9.17) is 4.42 Å². The van der Waals surface area contributed by atoms with Gasteiger partial charge in [-0.05, 0) is 31.2 Å². The molecule has 3 rings (SSSR count). The molecule has 3 aromatic rings. The lowest BCUT2D eigenvalue weighted by Gasteiger charge is -2.13. The molecule has 2 aromatic carbocycles. The Morgan fingerprint density at radius 1 is 1.11 bits per heavy atom. The Balaban J connectivity index is 1.66. The van der Waals surface area contributed by atoms with E-state index in [2.05, 4.69) is 5.32 Å². The largest absolute Gasteiger partial charge is 0.420 e. The van der Waals surface area contributed by atoms with Crippen LogP contribution in [0.2, 0.25) is 0 Å². The van der Waals surface area contributed by atoms with Gasteiger partial charge in [-0.15, -0.1) is 0 Å². The molecule has 2 N–H and O–H groups in total. The van der Waals surface area contributed by atoms with Crippen LogP contribution in [0.5, 0.6) is 0 Å². The second kappa shape index (κ2) is 7.59. The fourth-order valence-electron chi connectivity index (χ4n) is 2.60. The van der Waals surface area contributed by atoms with E-state index in [0.717, 1.165) is 10.6 Å². The molecule has 0 aliphatic rings. The van der Waals surface area contributed by atoms with Crippen molar-refractivity contribution < 1.29 is 27.2 Å². The number of carbonyl (C=O) groups is 2. The number of aromatic nitrogens is 1. The van der Waals surface area contributed by atoms with E-state index in [-0.39, 0.29) is 0 Å². The van der Waals surface area contributed by atoms with Crippen LogP contribution in [0.1, 0.15) is 13.0 Å². The number of carbonyl (C=O) groups excluding carboxylic acids is 2. The van der Waals surface area contributed by atoms with E-state index in [1.165, 1.54) is 6.92 Å². The minimum atomic E-state index is -1.72. The summed E-state index contributed by atoms with van der Waals surface area (Å²) in [6.45, 7) is 0.859. The Kier molecular flexibility index (Phi) is 5.21. The molecular formula is C18H14F3N3O4. The molecule has 2 amide bonds. The number of hydrogen-bond acceptors (Lipinski definition) is 4. The first-order valence-electron chi connectivity index (χ1n) is 8.10. The monoisotopic (exact) mass is 393 g/mol. The normalized spacial score (nSPS) is 12.0. The van der Waals surface area contributed by atoms with Crippen LogP contribution in [-0.4, -0.2) is 22.9 Å². The fraction of sp³-hybridized carbons (Fsp3) is 0.167. The molecule has 0 saturated carbocycles. The van der Waals surface area contributed by atoms with Crippen LogP contribution in [0.3, 0.4) is 0 Å². The summed E-state index contributed by atoms with van der Waals surface area (Å²) in [7, 11) is 0. The minimum absolute atomic E-state index is 0.304. The summed E-state index contributed by atoms with van der Waals surface area (Å²) in [6, 6.07) is 7.02. The third-order valence-corrected chi connectivity index (χ3v) is 4.02. The number of rotatable bonds is 5. The number of oxazole rings is 1. The fourth-order valence-corrected chi connectivity index (χ4v) is 2.60. The average Bonchev–Trinajstić information content (AvgIpc) is 3.01. The van der Waals surface area contributed by atoms with E-state index in [9.17, 15) is 27.6 Å². The summed E-state index contributed by atoms with van der Waals surface area (Å²) < 4.78 is 45.8. The molecule has 1 unspecified atom stereocenters. The number of nitrogens with one attached hydrogen (secondary N) is 2. The van der Waals surface area contributed by atoms with Crippen molar-refractivity contribution in [3.8, 4) is 0 Å². The maximum Gasteiger partial charge on any atom is 0.420 e. The summed E-state index contributed by atoms with van der Waals surface area (Å²) in [6.07, 6.45) is 0. The van der Waals surface area contributed by atoms with Crippen LogP contribution in [0.25, 0.3) is 11.1 Å². The number of para-hydroxylation sites is 2. The lowest BCUT2D eigenvalue weighted by Crippen LogP contribution is -2.38. The zero-order valence-electron chi connectivity index (χ0n) is 14.5. The number of hydrogen-bond donors (Lipinski definition) is 2.